The minimum Gasteiger partial charge on any atom is -0.316 e. The number of rotatable bonds is 1. The molecule has 78 valence electrons. The Bertz CT molecular complexity index is 316. The first-order chi connectivity index (χ1) is 6.34. The van der Waals surface area contributed by atoms with Gasteiger partial charge in [0.25, 0.3) is 0 Å². The molecule has 0 radical (unpaired) electrons. The van der Waals surface area contributed by atoms with Crippen molar-refractivity contribution in [2.45, 2.75) is 12.2 Å². The number of nitrogens with two attached hydrogens (primary N) is 1. The quantitative estimate of drug-likeness (QED) is 0.734. The normalized spacial score (nSPS) is 14.1. The summed E-state index contributed by atoms with van der Waals surface area (Å²) in [5.41, 5.74) is 4.10. The van der Waals surface area contributed by atoms with Crippen molar-refractivity contribution in [1.29, 1.82) is 0 Å². The summed E-state index contributed by atoms with van der Waals surface area (Å²) in [6.07, 6.45) is -4.70. The summed E-state index contributed by atoms with van der Waals surface area (Å²) >= 11 is 5.41. The average molecular weight is 228 g/mol. The van der Waals surface area contributed by atoms with Crippen LogP contribution in [0.25, 0.3) is 0 Å². The monoisotopic (exact) mass is 227 g/mol. The van der Waals surface area contributed by atoms with Crippen molar-refractivity contribution in [3.8, 4) is 0 Å². The van der Waals surface area contributed by atoms with Crippen molar-refractivity contribution in [3.63, 3.8) is 0 Å². The van der Waals surface area contributed by atoms with Crippen molar-refractivity contribution in [2.24, 2.45) is 5.73 Å². The molecule has 0 aliphatic heterocycles. The van der Waals surface area contributed by atoms with Gasteiger partial charge in [-0.25, -0.2) is 4.39 Å². The van der Waals surface area contributed by atoms with Gasteiger partial charge >= 0.3 is 6.18 Å². The van der Waals surface area contributed by atoms with Crippen LogP contribution >= 0.6 is 11.6 Å². The Hall–Kier alpha value is -0.810. The molecule has 1 rings (SSSR count). The molecule has 0 saturated carbocycles. The average Bonchev–Trinajstić information content (AvgIpc) is 2.01. The van der Waals surface area contributed by atoms with Crippen molar-refractivity contribution < 1.29 is 17.6 Å². The van der Waals surface area contributed by atoms with Gasteiger partial charge in [-0.15, -0.1) is 0 Å². The Kier molecular flexibility index (Phi) is 3.01. The highest BCUT2D eigenvalue weighted by Crippen LogP contribution is 2.35. The summed E-state index contributed by atoms with van der Waals surface area (Å²) in [5, 5.41) is -0.324. The first-order valence-corrected chi connectivity index (χ1v) is 3.98. The van der Waals surface area contributed by atoms with Gasteiger partial charge in [-0.2, -0.15) is 13.2 Å². The molecule has 0 unspecified atom stereocenters. The van der Waals surface area contributed by atoms with E-state index in [2.05, 4.69) is 0 Å². The van der Waals surface area contributed by atoms with Gasteiger partial charge in [0.05, 0.1) is 0 Å². The van der Waals surface area contributed by atoms with Crippen molar-refractivity contribution in [3.05, 3.63) is 34.6 Å². The number of benzene rings is 1. The second-order valence-electron chi connectivity index (χ2n) is 2.65. The van der Waals surface area contributed by atoms with E-state index in [1.807, 2.05) is 0 Å². The molecule has 0 aliphatic carbocycles. The molecule has 1 atom stereocenters. The van der Waals surface area contributed by atoms with Crippen LogP contribution in [0.2, 0.25) is 5.02 Å². The van der Waals surface area contributed by atoms with E-state index in [9.17, 15) is 17.6 Å². The number of hydrogen-bond acceptors (Lipinski definition) is 1. The molecular weight excluding hydrogens is 222 g/mol. The highest BCUT2D eigenvalue weighted by atomic mass is 35.5. The molecule has 2 N–H and O–H groups in total. The van der Waals surface area contributed by atoms with E-state index in [1.54, 1.807) is 0 Å². The van der Waals surface area contributed by atoms with Crippen LogP contribution in [0, 0.1) is 5.82 Å². The lowest BCUT2D eigenvalue weighted by Gasteiger charge is -2.17. The van der Waals surface area contributed by atoms with Crippen LogP contribution in [-0.2, 0) is 0 Å². The van der Waals surface area contributed by atoms with Gasteiger partial charge in [0, 0.05) is 10.6 Å². The third kappa shape index (κ3) is 2.16. The zero-order valence-electron chi connectivity index (χ0n) is 6.78. The molecule has 0 heterocycles. The maximum absolute atomic E-state index is 13.0. The highest BCUT2D eigenvalue weighted by molar-refractivity contribution is 6.31. The van der Waals surface area contributed by atoms with Crippen LogP contribution in [0.3, 0.4) is 0 Å². The summed E-state index contributed by atoms with van der Waals surface area (Å²) in [6.45, 7) is 0. The van der Waals surface area contributed by atoms with Gasteiger partial charge in [-0.3, -0.25) is 0 Å². The fourth-order valence-corrected chi connectivity index (χ4v) is 1.25. The van der Waals surface area contributed by atoms with Gasteiger partial charge in [-0.1, -0.05) is 17.7 Å². The van der Waals surface area contributed by atoms with Crippen molar-refractivity contribution in [2.75, 3.05) is 0 Å². The molecule has 0 bridgehead atoms. The topological polar surface area (TPSA) is 26.0 Å². The van der Waals surface area contributed by atoms with Crippen LogP contribution in [0.5, 0.6) is 0 Å². The van der Waals surface area contributed by atoms with Crippen LogP contribution in [0.1, 0.15) is 11.6 Å². The predicted molar refractivity (Wildman–Crippen MR) is 44.4 cm³/mol. The second kappa shape index (κ2) is 3.74. The second-order valence-corrected chi connectivity index (χ2v) is 3.06. The Labute approximate surface area is 82.5 Å². The Morgan fingerprint density at radius 1 is 1.29 bits per heavy atom. The van der Waals surface area contributed by atoms with E-state index >= 15 is 0 Å². The van der Waals surface area contributed by atoms with Crippen LogP contribution in [0.15, 0.2) is 18.2 Å². The van der Waals surface area contributed by atoms with E-state index in [4.69, 9.17) is 17.3 Å². The minimum atomic E-state index is -4.70. The molecule has 1 nitrogen and oxygen atoms in total. The number of halogens is 5. The molecule has 0 aromatic heterocycles. The van der Waals surface area contributed by atoms with E-state index in [0.29, 0.717) is 0 Å². The zero-order valence-corrected chi connectivity index (χ0v) is 7.53. The zero-order chi connectivity index (χ0) is 10.9. The largest absolute Gasteiger partial charge is 0.407 e. The molecule has 0 amide bonds. The van der Waals surface area contributed by atoms with E-state index in [-0.39, 0.29) is 5.02 Å². The van der Waals surface area contributed by atoms with Crippen molar-refractivity contribution in [1.82, 2.24) is 0 Å². The molecule has 6 heteroatoms. The van der Waals surface area contributed by atoms with Crippen LogP contribution in [-0.4, -0.2) is 6.18 Å². The third-order valence-corrected chi connectivity index (χ3v) is 1.99. The summed E-state index contributed by atoms with van der Waals surface area (Å²) in [4.78, 5) is 0. The molecule has 0 fully saturated rings. The maximum Gasteiger partial charge on any atom is 0.407 e. The Morgan fingerprint density at radius 2 is 1.86 bits per heavy atom. The summed E-state index contributed by atoms with van der Waals surface area (Å²) in [6, 6.07) is 0.860. The molecular formula is C8H6ClF4N. The molecule has 0 saturated heterocycles. The predicted octanol–water partition coefficient (Wildman–Crippen LogP) is 3.04. The molecule has 0 aliphatic rings. The van der Waals surface area contributed by atoms with Gasteiger partial charge in [0.2, 0.25) is 0 Å². The third-order valence-electron chi connectivity index (χ3n) is 1.66. The summed E-state index contributed by atoms with van der Waals surface area (Å²) in [7, 11) is 0. The highest BCUT2D eigenvalue weighted by Gasteiger charge is 2.40. The molecule has 1 aromatic rings. The van der Waals surface area contributed by atoms with Gasteiger partial charge in [0.1, 0.15) is 11.9 Å². The lowest BCUT2D eigenvalue weighted by Crippen LogP contribution is -2.29. The maximum atomic E-state index is 13.0. The summed E-state index contributed by atoms with van der Waals surface area (Å²) in [5.74, 6) is -1.05. The Balaban J connectivity index is 3.19. The van der Waals surface area contributed by atoms with E-state index in [0.717, 1.165) is 12.1 Å². The first-order valence-electron chi connectivity index (χ1n) is 3.60. The standard InChI is InChI=1S/C8H6ClF4N/c9-4-2-1-3-5(10)6(4)7(14)8(11,12)13/h1-3,7H,14H2/t7-/m1/s1. The SMILES string of the molecule is N[C@H](c1c(F)cccc1Cl)C(F)(F)F. The molecule has 0 spiro atoms. The summed E-state index contributed by atoms with van der Waals surface area (Å²) < 4.78 is 49.4. The lowest BCUT2D eigenvalue weighted by atomic mass is 10.1. The van der Waals surface area contributed by atoms with Crippen LogP contribution < -0.4 is 5.73 Å². The smallest absolute Gasteiger partial charge is 0.316 e. The fraction of sp³-hybridized carbons (Fsp3) is 0.250. The van der Waals surface area contributed by atoms with E-state index < -0.39 is 23.6 Å². The number of hydrogen-bond donors (Lipinski definition) is 1. The van der Waals surface area contributed by atoms with Crippen molar-refractivity contribution >= 4 is 11.6 Å². The van der Waals surface area contributed by atoms with Gasteiger partial charge in [0.15, 0.2) is 0 Å². The minimum absolute atomic E-state index is 0.324. The lowest BCUT2D eigenvalue weighted by molar-refractivity contribution is -0.149. The molecule has 14 heavy (non-hydrogen) atoms. The Morgan fingerprint density at radius 3 is 2.29 bits per heavy atom. The van der Waals surface area contributed by atoms with Crippen LogP contribution in [0.4, 0.5) is 17.6 Å². The fourth-order valence-electron chi connectivity index (χ4n) is 0.971. The van der Waals surface area contributed by atoms with Gasteiger partial charge in [-0.05, 0) is 12.1 Å². The molecule has 1 aromatic carbocycles. The first kappa shape index (κ1) is 11.3. The van der Waals surface area contributed by atoms with E-state index in [1.165, 1.54) is 6.07 Å². The van der Waals surface area contributed by atoms with Gasteiger partial charge < -0.3 is 5.73 Å². The number of alkyl halides is 3.